The number of nitrogens with zero attached hydrogens (tertiary/aromatic N) is 4. The molecule has 0 unspecified atom stereocenters. The highest BCUT2D eigenvalue weighted by molar-refractivity contribution is 14.1. The van der Waals surface area contributed by atoms with Gasteiger partial charge in [0.25, 0.3) is 0 Å². The molecule has 0 N–H and O–H groups in total. The van der Waals surface area contributed by atoms with Crippen LogP contribution in [0, 0.1) is 3.57 Å². The Labute approximate surface area is 185 Å². The summed E-state index contributed by atoms with van der Waals surface area (Å²) in [4.78, 5) is 4.97. The second-order valence-electron chi connectivity index (χ2n) is 7.24. The number of benzene rings is 1. The lowest BCUT2D eigenvalue weighted by molar-refractivity contribution is 0.238. The molecule has 0 saturated carbocycles. The summed E-state index contributed by atoms with van der Waals surface area (Å²) in [5, 5.41) is 4.29. The summed E-state index contributed by atoms with van der Waals surface area (Å²) >= 11 is 2.30. The van der Waals surface area contributed by atoms with E-state index in [1.165, 1.54) is 5.69 Å². The molecule has 29 heavy (non-hydrogen) atoms. The van der Waals surface area contributed by atoms with Crippen molar-refractivity contribution >= 4 is 33.8 Å². The molecule has 1 saturated heterocycles. The van der Waals surface area contributed by atoms with E-state index in [0.29, 0.717) is 0 Å². The molecule has 0 atom stereocenters. The molecule has 6 nitrogen and oxygen atoms in total. The van der Waals surface area contributed by atoms with E-state index in [9.17, 15) is 0 Å². The van der Waals surface area contributed by atoms with Crippen LogP contribution in [0.25, 0.3) is 5.52 Å². The molecule has 0 bridgehead atoms. The number of halogens is 1. The predicted molar refractivity (Wildman–Crippen MR) is 124 cm³/mol. The maximum absolute atomic E-state index is 5.94. The fourth-order valence-corrected chi connectivity index (χ4v) is 4.28. The largest absolute Gasteiger partial charge is 0.495 e. The van der Waals surface area contributed by atoms with Crippen molar-refractivity contribution in [2.24, 2.45) is 0 Å². The summed E-state index contributed by atoms with van der Waals surface area (Å²) in [5.74, 6) is 1.88. The van der Waals surface area contributed by atoms with Crippen molar-refractivity contribution in [3.63, 3.8) is 0 Å². The summed E-state index contributed by atoms with van der Waals surface area (Å²) in [6.07, 6.45) is 6.04. The topological polar surface area (TPSA) is 42.2 Å². The average Bonchev–Trinajstić information content (AvgIpc) is 3.14. The number of hydrogen-bond donors (Lipinski definition) is 0. The highest BCUT2D eigenvalue weighted by Crippen LogP contribution is 2.28. The van der Waals surface area contributed by atoms with Gasteiger partial charge >= 0.3 is 0 Å². The average molecular weight is 506 g/mol. The number of piperazine rings is 1. The van der Waals surface area contributed by atoms with Crippen LogP contribution in [0.1, 0.15) is 12.8 Å². The quantitative estimate of drug-likeness (QED) is 0.342. The third kappa shape index (κ3) is 4.95. The maximum atomic E-state index is 5.94. The lowest BCUT2D eigenvalue weighted by Gasteiger charge is -2.36. The number of unbranched alkanes of at least 4 members (excludes halogenated alkanes) is 1. The number of fused-ring (bicyclic) bond motifs is 1. The van der Waals surface area contributed by atoms with E-state index in [0.717, 1.165) is 72.8 Å². The molecular weight excluding hydrogens is 479 g/mol. The summed E-state index contributed by atoms with van der Waals surface area (Å²) in [6, 6.07) is 12.3. The predicted octanol–water partition coefficient (Wildman–Crippen LogP) is 3.93. The minimum absolute atomic E-state index is 0.752. The normalized spacial score (nSPS) is 15.0. The van der Waals surface area contributed by atoms with E-state index in [4.69, 9.17) is 9.47 Å². The van der Waals surface area contributed by atoms with Gasteiger partial charge in [0.05, 0.1) is 34.7 Å². The SMILES string of the molecule is COc1ccccc1N1CCN(CCCCOc2ccn3ncc(I)c3c2)CC1. The molecule has 1 aliphatic heterocycles. The minimum atomic E-state index is 0.752. The first-order valence-electron chi connectivity index (χ1n) is 10.1. The number of ether oxygens (including phenoxy) is 2. The molecule has 154 valence electrons. The first-order chi connectivity index (χ1) is 14.2. The minimum Gasteiger partial charge on any atom is -0.495 e. The van der Waals surface area contributed by atoms with E-state index in [2.05, 4.69) is 55.7 Å². The second-order valence-corrected chi connectivity index (χ2v) is 8.40. The number of rotatable bonds is 8. The molecule has 1 aromatic carbocycles. The Morgan fingerprint density at radius 1 is 1.07 bits per heavy atom. The van der Waals surface area contributed by atoms with Crippen molar-refractivity contribution in [1.29, 1.82) is 0 Å². The Bertz CT molecular complexity index is 937. The zero-order valence-corrected chi connectivity index (χ0v) is 18.9. The fraction of sp³-hybridized carbons (Fsp3) is 0.409. The van der Waals surface area contributed by atoms with Crippen LogP contribution in [0.3, 0.4) is 0 Å². The summed E-state index contributed by atoms with van der Waals surface area (Å²) in [7, 11) is 1.74. The van der Waals surface area contributed by atoms with Gasteiger partial charge in [0.15, 0.2) is 0 Å². The van der Waals surface area contributed by atoms with Gasteiger partial charge in [0.1, 0.15) is 11.5 Å². The molecule has 3 heterocycles. The Morgan fingerprint density at radius 2 is 1.90 bits per heavy atom. The number of methoxy groups -OCH3 is 1. The number of pyridine rings is 1. The third-order valence-corrected chi connectivity index (χ3v) is 6.21. The van der Waals surface area contributed by atoms with Gasteiger partial charge in [-0.3, -0.25) is 4.90 Å². The van der Waals surface area contributed by atoms with E-state index in [-0.39, 0.29) is 0 Å². The lowest BCUT2D eigenvalue weighted by atomic mass is 10.2. The Morgan fingerprint density at radius 3 is 2.72 bits per heavy atom. The highest BCUT2D eigenvalue weighted by Gasteiger charge is 2.19. The number of aromatic nitrogens is 2. The highest BCUT2D eigenvalue weighted by atomic mass is 127. The van der Waals surface area contributed by atoms with Crippen LogP contribution in [0.5, 0.6) is 11.5 Å². The monoisotopic (exact) mass is 506 g/mol. The van der Waals surface area contributed by atoms with Gasteiger partial charge in [-0.1, -0.05) is 12.1 Å². The van der Waals surface area contributed by atoms with E-state index >= 15 is 0 Å². The Balaban J connectivity index is 1.17. The molecule has 1 fully saturated rings. The van der Waals surface area contributed by atoms with Crippen LogP contribution in [0.2, 0.25) is 0 Å². The molecule has 3 aromatic rings. The number of hydrogen-bond acceptors (Lipinski definition) is 5. The van der Waals surface area contributed by atoms with Gasteiger partial charge < -0.3 is 14.4 Å². The van der Waals surface area contributed by atoms with Gasteiger partial charge in [-0.05, 0) is 60.2 Å². The lowest BCUT2D eigenvalue weighted by Crippen LogP contribution is -2.46. The van der Waals surface area contributed by atoms with Gasteiger partial charge in [0, 0.05) is 38.4 Å². The van der Waals surface area contributed by atoms with Crippen LogP contribution in [-0.2, 0) is 0 Å². The van der Waals surface area contributed by atoms with Crippen molar-refractivity contribution in [1.82, 2.24) is 14.5 Å². The van der Waals surface area contributed by atoms with Gasteiger partial charge in [-0.15, -0.1) is 0 Å². The van der Waals surface area contributed by atoms with Crippen molar-refractivity contribution in [3.05, 3.63) is 52.4 Å². The van der Waals surface area contributed by atoms with Crippen molar-refractivity contribution in [2.75, 3.05) is 51.3 Å². The third-order valence-electron chi connectivity index (χ3n) is 5.38. The van der Waals surface area contributed by atoms with E-state index in [1.807, 2.05) is 35.1 Å². The van der Waals surface area contributed by atoms with Gasteiger partial charge in [-0.2, -0.15) is 5.10 Å². The summed E-state index contributed by atoms with van der Waals surface area (Å²) < 4.78 is 14.5. The standard InChI is InChI=1S/C22H27IN4O2/c1-28-22-7-3-2-6-20(22)26-13-11-25(12-14-26)9-4-5-15-29-18-8-10-27-21(16-18)19(23)17-24-27/h2-3,6-8,10,16-17H,4-5,9,11-15H2,1H3. The molecule has 0 aliphatic carbocycles. The van der Waals surface area contributed by atoms with Crippen LogP contribution >= 0.6 is 22.6 Å². The molecule has 1 aliphatic rings. The van der Waals surface area contributed by atoms with Gasteiger partial charge in [0.2, 0.25) is 0 Å². The zero-order chi connectivity index (χ0) is 20.1. The molecule has 0 amide bonds. The first kappa shape index (κ1) is 20.3. The zero-order valence-electron chi connectivity index (χ0n) is 16.8. The van der Waals surface area contributed by atoms with Gasteiger partial charge in [-0.25, -0.2) is 4.52 Å². The summed E-state index contributed by atoms with van der Waals surface area (Å²) in [5.41, 5.74) is 2.30. The Kier molecular flexibility index (Phi) is 6.76. The van der Waals surface area contributed by atoms with E-state index in [1.54, 1.807) is 7.11 Å². The van der Waals surface area contributed by atoms with Crippen molar-refractivity contribution in [3.8, 4) is 11.5 Å². The van der Waals surface area contributed by atoms with E-state index < -0.39 is 0 Å². The van der Waals surface area contributed by atoms with Crippen LogP contribution in [0.4, 0.5) is 5.69 Å². The molecule has 7 heteroatoms. The van der Waals surface area contributed by atoms with Crippen LogP contribution in [0.15, 0.2) is 48.8 Å². The molecule has 0 radical (unpaired) electrons. The first-order valence-corrected chi connectivity index (χ1v) is 11.2. The second kappa shape index (κ2) is 9.67. The van der Waals surface area contributed by atoms with Crippen LogP contribution in [-0.4, -0.2) is 61.0 Å². The van der Waals surface area contributed by atoms with Crippen molar-refractivity contribution < 1.29 is 9.47 Å². The van der Waals surface area contributed by atoms with Crippen molar-refractivity contribution in [2.45, 2.75) is 12.8 Å². The molecule has 2 aromatic heterocycles. The number of para-hydroxylation sites is 2. The smallest absolute Gasteiger partial charge is 0.142 e. The molecular formula is C22H27IN4O2. The summed E-state index contributed by atoms with van der Waals surface area (Å²) in [6.45, 7) is 6.15. The molecule has 4 rings (SSSR count). The molecule has 0 spiro atoms. The van der Waals surface area contributed by atoms with Crippen LogP contribution < -0.4 is 14.4 Å². The fourth-order valence-electron chi connectivity index (χ4n) is 3.75. The maximum Gasteiger partial charge on any atom is 0.142 e. The Hall–Kier alpha value is -2.00. The number of anilines is 1.